The van der Waals surface area contributed by atoms with Gasteiger partial charge in [-0.1, -0.05) is 102 Å². The number of carbonyl (C=O) groups is 2. The van der Waals surface area contributed by atoms with Gasteiger partial charge >= 0.3 is 0 Å². The average Bonchev–Trinajstić information content (AvgIpc) is 3.42. The van der Waals surface area contributed by atoms with E-state index in [0.717, 1.165) is 64.2 Å². The molecule has 0 saturated heterocycles. The Hall–Kier alpha value is -2.22. The number of hydrogen-bond acceptors (Lipinski definition) is 2. The zero-order chi connectivity index (χ0) is 28.6. The number of Topliss-reactive ketones (excluding diaryl/α,β-unsaturated/α-hetero) is 2. The van der Waals surface area contributed by atoms with Crippen molar-refractivity contribution in [2.75, 3.05) is 0 Å². The molecule has 0 heterocycles. The fourth-order valence-electron chi connectivity index (χ4n) is 11.3. The molecular formula is C38H50O2. The van der Waals surface area contributed by atoms with E-state index in [2.05, 4.69) is 102 Å². The smallest absolute Gasteiger partial charge is 0.146 e. The first-order valence-electron chi connectivity index (χ1n) is 16.1. The van der Waals surface area contributed by atoms with Crippen LogP contribution >= 0.6 is 0 Å². The average molecular weight is 539 g/mol. The molecule has 40 heavy (non-hydrogen) atoms. The Kier molecular flexibility index (Phi) is 6.38. The van der Waals surface area contributed by atoms with E-state index in [4.69, 9.17) is 0 Å². The van der Waals surface area contributed by atoms with Crippen molar-refractivity contribution in [3.05, 3.63) is 71.8 Å². The molecule has 4 aliphatic rings. The molecule has 4 aliphatic carbocycles. The van der Waals surface area contributed by atoms with Gasteiger partial charge in [0.1, 0.15) is 11.6 Å². The zero-order valence-corrected chi connectivity index (χ0v) is 25.8. The minimum atomic E-state index is -0.563. The maximum Gasteiger partial charge on any atom is 0.146 e. The lowest BCUT2D eigenvalue weighted by atomic mass is 9.45. The van der Waals surface area contributed by atoms with Crippen molar-refractivity contribution in [2.24, 2.45) is 44.3 Å². The fourth-order valence-corrected chi connectivity index (χ4v) is 11.3. The van der Waals surface area contributed by atoms with Crippen LogP contribution in [0.1, 0.15) is 104 Å². The van der Waals surface area contributed by atoms with E-state index in [1.165, 1.54) is 11.1 Å². The maximum atomic E-state index is 15.3. The molecule has 4 bridgehead atoms. The molecule has 2 aromatic carbocycles. The van der Waals surface area contributed by atoms with Gasteiger partial charge in [-0.2, -0.15) is 0 Å². The van der Waals surface area contributed by atoms with Gasteiger partial charge in [0.25, 0.3) is 0 Å². The Morgan fingerprint density at radius 1 is 0.575 bits per heavy atom. The van der Waals surface area contributed by atoms with E-state index < -0.39 is 10.8 Å². The Morgan fingerprint density at radius 3 is 1.23 bits per heavy atom. The SMILES string of the molecule is CC1(C)[C@H]2CC[C@@]1(C)C(=O)[C@]2(CCCc1ccccc1)[C@]1(CCCc2ccccc2)C(=O)[C@]2(C)CC[C@@H]1C2(C)C. The summed E-state index contributed by atoms with van der Waals surface area (Å²) in [4.78, 5) is 30.6. The monoisotopic (exact) mass is 538 g/mol. The van der Waals surface area contributed by atoms with Gasteiger partial charge in [-0.25, -0.2) is 0 Å². The van der Waals surface area contributed by atoms with Gasteiger partial charge in [0, 0.05) is 21.7 Å². The molecule has 0 unspecified atom stereocenters. The Morgan fingerprint density at radius 2 is 0.925 bits per heavy atom. The third kappa shape index (κ3) is 3.29. The van der Waals surface area contributed by atoms with E-state index in [9.17, 15) is 0 Å². The van der Waals surface area contributed by atoms with E-state index in [0.29, 0.717) is 11.6 Å². The van der Waals surface area contributed by atoms with Crippen molar-refractivity contribution < 1.29 is 9.59 Å². The second-order valence-electron chi connectivity index (χ2n) is 15.6. The molecular weight excluding hydrogens is 488 g/mol. The molecule has 2 nitrogen and oxygen atoms in total. The van der Waals surface area contributed by atoms with Gasteiger partial charge in [-0.05, 0) is 98.0 Å². The van der Waals surface area contributed by atoms with Crippen molar-refractivity contribution in [3.8, 4) is 0 Å². The van der Waals surface area contributed by atoms with Crippen LogP contribution in [0.25, 0.3) is 0 Å². The lowest BCUT2D eigenvalue weighted by Crippen LogP contribution is -2.60. The van der Waals surface area contributed by atoms with Gasteiger partial charge in [0.15, 0.2) is 0 Å². The first kappa shape index (κ1) is 27.9. The van der Waals surface area contributed by atoms with Crippen molar-refractivity contribution in [3.63, 3.8) is 0 Å². The van der Waals surface area contributed by atoms with Crippen LogP contribution in [0, 0.1) is 44.3 Å². The molecule has 214 valence electrons. The largest absolute Gasteiger partial charge is 0.298 e. The summed E-state index contributed by atoms with van der Waals surface area (Å²) in [5.41, 5.74) is 0.686. The standard InChI is InChI=1S/C38H50O2/c1-33(2)29-21-25-35(33,5)31(39)37(29,23-13-19-27-15-9-7-10-16-27)38(24-14-20-28-17-11-8-12-18-28)30-22-26-36(6,32(38)40)34(30,3)4/h7-12,15-18,29-30H,13-14,19-26H2,1-6H3/t29-,30-,35+,36+,37-,38+/m1/s1. The molecule has 2 heteroatoms. The number of ketones is 2. The minimum Gasteiger partial charge on any atom is -0.298 e. The molecule has 4 fully saturated rings. The summed E-state index contributed by atoms with van der Waals surface area (Å²) in [6, 6.07) is 21.5. The highest BCUT2D eigenvalue weighted by Crippen LogP contribution is 2.83. The highest BCUT2D eigenvalue weighted by molar-refractivity contribution is 6.05. The molecule has 6 atom stereocenters. The zero-order valence-electron chi connectivity index (χ0n) is 25.8. The number of benzene rings is 2. The van der Waals surface area contributed by atoms with Crippen molar-refractivity contribution in [1.29, 1.82) is 0 Å². The van der Waals surface area contributed by atoms with Crippen LogP contribution in [-0.4, -0.2) is 11.6 Å². The quantitative estimate of drug-likeness (QED) is 0.319. The Labute approximate surface area is 242 Å². The van der Waals surface area contributed by atoms with Gasteiger partial charge in [-0.3, -0.25) is 9.59 Å². The number of carbonyl (C=O) groups excluding carboxylic acids is 2. The number of aryl methyl sites for hydroxylation is 2. The predicted octanol–water partition coefficient (Wildman–Crippen LogP) is 9.06. The number of hydrogen-bond donors (Lipinski definition) is 0. The summed E-state index contributed by atoms with van der Waals surface area (Å²) >= 11 is 0. The van der Waals surface area contributed by atoms with Gasteiger partial charge in [0.2, 0.25) is 0 Å². The molecule has 0 spiro atoms. The molecule has 4 saturated carbocycles. The normalized spacial score (nSPS) is 38.9. The van der Waals surface area contributed by atoms with Crippen molar-refractivity contribution in [1.82, 2.24) is 0 Å². The van der Waals surface area contributed by atoms with Crippen molar-refractivity contribution in [2.45, 2.75) is 106 Å². The third-order valence-electron chi connectivity index (χ3n) is 14.0. The molecule has 2 aromatic rings. The minimum absolute atomic E-state index is 0.0869. The topological polar surface area (TPSA) is 34.1 Å². The van der Waals surface area contributed by atoms with Crippen LogP contribution in [0.4, 0.5) is 0 Å². The van der Waals surface area contributed by atoms with E-state index in [1.54, 1.807) is 0 Å². The number of fused-ring (bicyclic) bond motifs is 4. The summed E-state index contributed by atoms with van der Waals surface area (Å²) in [6.45, 7) is 14.0. The Balaban J connectivity index is 1.48. The lowest BCUT2D eigenvalue weighted by molar-refractivity contribution is -0.167. The van der Waals surface area contributed by atoms with Crippen LogP contribution in [0.2, 0.25) is 0 Å². The van der Waals surface area contributed by atoms with Crippen LogP contribution in [0.3, 0.4) is 0 Å². The number of rotatable bonds is 9. The van der Waals surface area contributed by atoms with E-state index in [1.807, 2.05) is 0 Å². The van der Waals surface area contributed by atoms with Crippen molar-refractivity contribution >= 4 is 11.6 Å². The van der Waals surface area contributed by atoms with Gasteiger partial charge < -0.3 is 0 Å². The van der Waals surface area contributed by atoms with Gasteiger partial charge in [0.05, 0.1) is 0 Å². The first-order chi connectivity index (χ1) is 18.9. The maximum absolute atomic E-state index is 15.3. The van der Waals surface area contributed by atoms with Crippen LogP contribution in [-0.2, 0) is 22.4 Å². The molecule has 6 rings (SSSR count). The van der Waals surface area contributed by atoms with Crippen LogP contribution in [0.5, 0.6) is 0 Å². The first-order valence-corrected chi connectivity index (χ1v) is 16.1. The third-order valence-corrected chi connectivity index (χ3v) is 14.0. The Bertz CT molecular complexity index is 1190. The fraction of sp³-hybridized carbons (Fsp3) is 0.632. The van der Waals surface area contributed by atoms with Crippen LogP contribution in [0.15, 0.2) is 60.7 Å². The van der Waals surface area contributed by atoms with Crippen LogP contribution < -0.4 is 0 Å². The second kappa shape index (κ2) is 9.14. The molecule has 0 aromatic heterocycles. The highest BCUT2D eigenvalue weighted by atomic mass is 16.1. The lowest BCUT2D eigenvalue weighted by Gasteiger charge is -2.56. The summed E-state index contributed by atoms with van der Waals surface area (Å²) < 4.78 is 0. The van der Waals surface area contributed by atoms with E-state index >= 15 is 9.59 Å². The second-order valence-corrected chi connectivity index (χ2v) is 15.6. The molecule has 0 radical (unpaired) electrons. The molecule has 0 aliphatic heterocycles. The molecule has 0 amide bonds. The highest BCUT2D eigenvalue weighted by Gasteiger charge is 2.85. The summed E-state index contributed by atoms with van der Waals surface area (Å²) in [5.74, 6) is 1.45. The predicted molar refractivity (Wildman–Crippen MR) is 163 cm³/mol. The van der Waals surface area contributed by atoms with Gasteiger partial charge in [-0.15, -0.1) is 0 Å². The summed E-state index contributed by atoms with van der Waals surface area (Å²) in [5, 5.41) is 0. The summed E-state index contributed by atoms with van der Waals surface area (Å²) in [7, 11) is 0. The summed E-state index contributed by atoms with van der Waals surface area (Å²) in [6.07, 6.45) is 9.70. The molecule has 0 N–H and O–H groups in total. The van der Waals surface area contributed by atoms with E-state index in [-0.39, 0.29) is 33.5 Å².